The molecule has 1 aliphatic carbocycles. The summed E-state index contributed by atoms with van der Waals surface area (Å²) >= 11 is 7.31. The lowest BCUT2D eigenvalue weighted by atomic mass is 9.82. The molecular weight excluding hydrogens is 272 g/mol. The Morgan fingerprint density at radius 2 is 1.45 bits per heavy atom. The Balaban J connectivity index is 2.15. The summed E-state index contributed by atoms with van der Waals surface area (Å²) in [5.74, 6) is 0. The summed E-state index contributed by atoms with van der Waals surface area (Å²) in [6.07, 6.45) is 2.25. The number of epoxide rings is 1. The van der Waals surface area contributed by atoms with Crippen molar-refractivity contribution in [1.82, 2.24) is 0 Å². The average molecular weight is 284 g/mol. The fourth-order valence-electron chi connectivity index (χ4n) is 1.99. The minimum atomic E-state index is 0.158. The minimum absolute atomic E-state index is 0.158. The maximum atomic E-state index is 5.73. The minimum Gasteiger partial charge on any atom is -0.363 e. The molecule has 0 aromatic heterocycles. The molecule has 0 amide bonds. The second-order valence-electron chi connectivity index (χ2n) is 4.00. The Bertz CT molecular complexity index is 177. The average Bonchev–Trinajstić information content (AvgIpc) is 2.33. The van der Waals surface area contributed by atoms with E-state index < -0.39 is 0 Å². The van der Waals surface area contributed by atoms with Gasteiger partial charge in [0.05, 0.1) is 11.2 Å². The molecule has 0 unspecified atom stereocenters. The lowest BCUT2D eigenvalue weighted by Crippen LogP contribution is -2.36. The molecule has 0 bridgehead atoms. The molecule has 0 N–H and O–H groups in total. The molecule has 2 fully saturated rings. The van der Waals surface area contributed by atoms with Crippen LogP contribution in [0.5, 0.6) is 0 Å². The van der Waals surface area contributed by atoms with Crippen LogP contribution in [0.3, 0.4) is 0 Å². The molecule has 0 spiro atoms. The molecule has 11 heavy (non-hydrogen) atoms. The smallest absolute Gasteiger partial charge is 0.0960 e. The van der Waals surface area contributed by atoms with E-state index in [9.17, 15) is 0 Å². The molecule has 1 heterocycles. The highest BCUT2D eigenvalue weighted by atomic mass is 79.9. The van der Waals surface area contributed by atoms with E-state index in [-0.39, 0.29) is 11.2 Å². The van der Waals surface area contributed by atoms with Gasteiger partial charge in [-0.1, -0.05) is 31.9 Å². The normalized spacial score (nSPS) is 62.2. The van der Waals surface area contributed by atoms with Gasteiger partial charge in [0.25, 0.3) is 0 Å². The second kappa shape index (κ2) is 2.24. The molecule has 1 saturated heterocycles. The van der Waals surface area contributed by atoms with Crippen LogP contribution >= 0.6 is 31.9 Å². The first-order valence-electron chi connectivity index (χ1n) is 3.95. The first kappa shape index (κ1) is 8.52. The molecule has 2 rings (SSSR count). The van der Waals surface area contributed by atoms with Crippen LogP contribution in [0.1, 0.15) is 26.7 Å². The van der Waals surface area contributed by atoms with Crippen molar-refractivity contribution in [3.05, 3.63) is 0 Å². The summed E-state index contributed by atoms with van der Waals surface area (Å²) in [6, 6.07) is 0. The molecule has 2 aliphatic rings. The van der Waals surface area contributed by atoms with Gasteiger partial charge >= 0.3 is 0 Å². The van der Waals surface area contributed by atoms with Crippen molar-refractivity contribution < 1.29 is 4.74 Å². The highest BCUT2D eigenvalue weighted by molar-refractivity contribution is 9.12. The third kappa shape index (κ3) is 1.11. The van der Waals surface area contributed by atoms with Crippen molar-refractivity contribution in [2.75, 3.05) is 0 Å². The molecule has 1 saturated carbocycles. The predicted molar refractivity (Wildman–Crippen MR) is 52.6 cm³/mol. The van der Waals surface area contributed by atoms with Crippen LogP contribution < -0.4 is 0 Å². The van der Waals surface area contributed by atoms with E-state index >= 15 is 0 Å². The third-order valence-corrected chi connectivity index (χ3v) is 5.72. The molecule has 0 aromatic rings. The van der Waals surface area contributed by atoms with Crippen molar-refractivity contribution >= 4 is 31.9 Å². The van der Waals surface area contributed by atoms with E-state index in [1.165, 1.54) is 0 Å². The van der Waals surface area contributed by atoms with E-state index in [0.717, 1.165) is 12.8 Å². The standard InChI is InChI=1S/C8H12Br2O/c1-7-3-5(9)6(10)4-8(7,2)11-7/h5-6H,3-4H2,1-2H3/t5-,6+,7+,8-. The van der Waals surface area contributed by atoms with E-state index in [4.69, 9.17) is 4.74 Å². The van der Waals surface area contributed by atoms with E-state index in [1.807, 2.05) is 0 Å². The lowest BCUT2D eigenvalue weighted by molar-refractivity contribution is 0.280. The number of fused-ring (bicyclic) bond motifs is 1. The number of halogens is 2. The van der Waals surface area contributed by atoms with Crippen LogP contribution in [0.25, 0.3) is 0 Å². The van der Waals surface area contributed by atoms with Gasteiger partial charge in [-0.15, -0.1) is 0 Å². The van der Waals surface area contributed by atoms with Crippen molar-refractivity contribution in [3.8, 4) is 0 Å². The lowest BCUT2D eigenvalue weighted by Gasteiger charge is -2.27. The SMILES string of the molecule is C[C@@]12C[C@H](Br)[C@H](Br)C[C@]1(C)O2. The number of ether oxygens (including phenoxy) is 1. The zero-order chi connectivity index (χ0) is 8.28. The van der Waals surface area contributed by atoms with E-state index in [1.54, 1.807) is 0 Å². The fraction of sp³-hybridized carbons (Fsp3) is 1.00. The first-order chi connectivity index (χ1) is 4.97. The summed E-state index contributed by atoms with van der Waals surface area (Å²) < 4.78 is 5.73. The highest BCUT2D eigenvalue weighted by Crippen LogP contribution is 2.59. The van der Waals surface area contributed by atoms with Crippen molar-refractivity contribution in [3.63, 3.8) is 0 Å². The van der Waals surface area contributed by atoms with Gasteiger partial charge in [0.1, 0.15) is 0 Å². The molecule has 3 heteroatoms. The third-order valence-electron chi connectivity index (χ3n) is 3.09. The molecule has 1 nitrogen and oxygen atoms in total. The van der Waals surface area contributed by atoms with Crippen molar-refractivity contribution in [1.29, 1.82) is 0 Å². The van der Waals surface area contributed by atoms with Crippen LogP contribution in [-0.4, -0.2) is 20.9 Å². The number of hydrogen-bond acceptors (Lipinski definition) is 1. The van der Waals surface area contributed by atoms with Gasteiger partial charge in [-0.05, 0) is 26.7 Å². The fourth-order valence-corrected chi connectivity index (χ4v) is 3.60. The van der Waals surface area contributed by atoms with Crippen LogP contribution in [0.4, 0.5) is 0 Å². The van der Waals surface area contributed by atoms with Gasteiger partial charge < -0.3 is 4.74 Å². The zero-order valence-corrected chi connectivity index (χ0v) is 9.91. The molecule has 0 aromatic carbocycles. The van der Waals surface area contributed by atoms with Crippen LogP contribution in [0, 0.1) is 0 Å². The molecule has 0 radical (unpaired) electrons. The van der Waals surface area contributed by atoms with Crippen molar-refractivity contribution in [2.45, 2.75) is 47.5 Å². The van der Waals surface area contributed by atoms with Crippen molar-refractivity contribution in [2.24, 2.45) is 0 Å². The van der Waals surface area contributed by atoms with Crippen LogP contribution in [0.15, 0.2) is 0 Å². The summed E-state index contributed by atoms with van der Waals surface area (Å²) in [6.45, 7) is 4.42. The summed E-state index contributed by atoms with van der Waals surface area (Å²) in [5, 5.41) is 0. The molecular formula is C8H12Br2O. The summed E-state index contributed by atoms with van der Waals surface area (Å²) in [4.78, 5) is 1.14. The second-order valence-corrected chi connectivity index (χ2v) is 6.36. The molecule has 1 aliphatic heterocycles. The Hall–Kier alpha value is 0.920. The summed E-state index contributed by atoms with van der Waals surface area (Å²) in [7, 11) is 0. The Kier molecular flexibility index (Phi) is 1.73. The van der Waals surface area contributed by atoms with Gasteiger partial charge in [-0.25, -0.2) is 0 Å². The van der Waals surface area contributed by atoms with E-state index in [0.29, 0.717) is 9.65 Å². The predicted octanol–water partition coefficient (Wildman–Crippen LogP) is 2.85. The van der Waals surface area contributed by atoms with Gasteiger partial charge in [0.15, 0.2) is 0 Å². The van der Waals surface area contributed by atoms with Crippen LogP contribution in [-0.2, 0) is 4.74 Å². The van der Waals surface area contributed by atoms with Gasteiger partial charge in [0.2, 0.25) is 0 Å². The van der Waals surface area contributed by atoms with Gasteiger partial charge in [-0.3, -0.25) is 0 Å². The zero-order valence-electron chi connectivity index (χ0n) is 6.73. The van der Waals surface area contributed by atoms with E-state index in [2.05, 4.69) is 45.7 Å². The Labute approximate surface area is 84.1 Å². The van der Waals surface area contributed by atoms with Crippen LogP contribution in [0.2, 0.25) is 0 Å². The quantitative estimate of drug-likeness (QED) is 0.492. The Morgan fingerprint density at radius 3 is 1.82 bits per heavy atom. The maximum Gasteiger partial charge on any atom is 0.0960 e. The number of rotatable bonds is 0. The highest BCUT2D eigenvalue weighted by Gasteiger charge is 2.67. The maximum absolute atomic E-state index is 5.73. The summed E-state index contributed by atoms with van der Waals surface area (Å²) in [5.41, 5.74) is 0.316. The topological polar surface area (TPSA) is 12.5 Å². The Morgan fingerprint density at radius 1 is 1.09 bits per heavy atom. The first-order valence-corrected chi connectivity index (χ1v) is 5.78. The largest absolute Gasteiger partial charge is 0.363 e. The van der Waals surface area contributed by atoms with Gasteiger partial charge in [-0.2, -0.15) is 0 Å². The monoisotopic (exact) mass is 282 g/mol. The molecule has 64 valence electrons. The molecule has 4 atom stereocenters. The number of alkyl halides is 2. The number of hydrogen-bond donors (Lipinski definition) is 0. The van der Waals surface area contributed by atoms with Gasteiger partial charge in [0, 0.05) is 9.65 Å².